The van der Waals surface area contributed by atoms with Gasteiger partial charge in [-0.3, -0.25) is 9.59 Å². The summed E-state index contributed by atoms with van der Waals surface area (Å²) in [5.41, 5.74) is 0. The van der Waals surface area contributed by atoms with Crippen molar-refractivity contribution in [1.82, 2.24) is 0 Å². The van der Waals surface area contributed by atoms with E-state index < -0.39 is 0 Å². The molecule has 21 heavy (non-hydrogen) atoms. The van der Waals surface area contributed by atoms with Gasteiger partial charge in [0.25, 0.3) is 0 Å². The highest BCUT2D eigenvalue weighted by molar-refractivity contribution is 5.72. The first-order valence-corrected chi connectivity index (χ1v) is 7.54. The molecule has 0 saturated carbocycles. The molecule has 0 aromatic heterocycles. The summed E-state index contributed by atoms with van der Waals surface area (Å²) >= 11 is 0. The Labute approximate surface area is 127 Å². The molecule has 124 valence electrons. The molecule has 0 bridgehead atoms. The van der Waals surface area contributed by atoms with Crippen molar-refractivity contribution < 1.29 is 28.5 Å². The van der Waals surface area contributed by atoms with E-state index in [1.165, 1.54) is 0 Å². The van der Waals surface area contributed by atoms with Crippen LogP contribution in [0.2, 0.25) is 0 Å². The lowest BCUT2D eigenvalue weighted by Crippen LogP contribution is -2.20. The molecule has 0 aromatic rings. The Morgan fingerprint density at radius 3 is 1.52 bits per heavy atom. The van der Waals surface area contributed by atoms with Crippen LogP contribution in [0.4, 0.5) is 0 Å². The second-order valence-corrected chi connectivity index (χ2v) is 4.75. The zero-order valence-electron chi connectivity index (χ0n) is 13.6. The lowest BCUT2D eigenvalue weighted by atomic mass is 10.2. The number of carbonyl (C=O) groups is 2. The van der Waals surface area contributed by atoms with Crippen LogP contribution >= 0.6 is 0 Å². The Balaban J connectivity index is 3.59. The number of hydrogen-bond acceptors (Lipinski definition) is 6. The third-order valence-electron chi connectivity index (χ3n) is 2.62. The highest BCUT2D eigenvalue weighted by atomic mass is 16.6. The Bertz CT molecular complexity index is 264. The first kappa shape index (κ1) is 19.9. The van der Waals surface area contributed by atoms with Crippen LogP contribution in [0.3, 0.4) is 0 Å². The van der Waals surface area contributed by atoms with Crippen molar-refractivity contribution in [1.29, 1.82) is 0 Å². The fraction of sp³-hybridized carbons (Fsp3) is 0.867. The van der Waals surface area contributed by atoms with Gasteiger partial charge in [0.1, 0.15) is 13.2 Å². The van der Waals surface area contributed by atoms with Crippen LogP contribution in [0.1, 0.15) is 47.0 Å². The Hall–Kier alpha value is -1.14. The van der Waals surface area contributed by atoms with E-state index in [0.717, 1.165) is 0 Å². The van der Waals surface area contributed by atoms with Crippen molar-refractivity contribution in [3.8, 4) is 0 Å². The minimum atomic E-state index is -0.322. The predicted molar refractivity (Wildman–Crippen MR) is 77.9 cm³/mol. The standard InChI is InChI=1S/C15H28O6/c1-5-18-12(3)10-20-14(16)8-7-9-15(17)21-11-13(4)19-6-2/h12-13H,5-11H2,1-4H3. The van der Waals surface area contributed by atoms with E-state index in [4.69, 9.17) is 18.9 Å². The molecule has 0 rings (SSSR count). The number of carbonyl (C=O) groups excluding carboxylic acids is 2. The third kappa shape index (κ3) is 12.3. The van der Waals surface area contributed by atoms with Gasteiger partial charge in [-0.1, -0.05) is 0 Å². The van der Waals surface area contributed by atoms with Gasteiger partial charge < -0.3 is 18.9 Å². The van der Waals surface area contributed by atoms with Gasteiger partial charge in [0.05, 0.1) is 12.2 Å². The molecule has 2 atom stereocenters. The summed E-state index contributed by atoms with van der Waals surface area (Å²) in [6.07, 6.45) is 0.612. The predicted octanol–water partition coefficient (Wildman–Crippen LogP) is 2.09. The SMILES string of the molecule is CCOC(C)COC(=O)CCCC(=O)OCC(C)OCC. The largest absolute Gasteiger partial charge is 0.463 e. The molecule has 6 nitrogen and oxygen atoms in total. The molecular weight excluding hydrogens is 276 g/mol. The number of ether oxygens (including phenoxy) is 4. The van der Waals surface area contributed by atoms with Gasteiger partial charge >= 0.3 is 11.9 Å². The highest BCUT2D eigenvalue weighted by Gasteiger charge is 2.10. The van der Waals surface area contributed by atoms with E-state index in [1.807, 2.05) is 27.7 Å². The number of rotatable bonds is 12. The second kappa shape index (κ2) is 12.6. The van der Waals surface area contributed by atoms with Crippen molar-refractivity contribution in [2.45, 2.75) is 59.2 Å². The minimum Gasteiger partial charge on any atom is -0.463 e. The molecular formula is C15H28O6. The molecule has 0 aromatic carbocycles. The van der Waals surface area contributed by atoms with E-state index in [0.29, 0.717) is 19.6 Å². The normalized spacial score (nSPS) is 13.5. The number of hydrogen-bond donors (Lipinski definition) is 0. The van der Waals surface area contributed by atoms with E-state index in [9.17, 15) is 9.59 Å². The van der Waals surface area contributed by atoms with Crippen LogP contribution in [-0.4, -0.2) is 50.6 Å². The molecule has 0 N–H and O–H groups in total. The minimum absolute atomic E-state index is 0.107. The molecule has 0 amide bonds. The van der Waals surface area contributed by atoms with Crippen molar-refractivity contribution in [3.05, 3.63) is 0 Å². The Morgan fingerprint density at radius 1 is 0.810 bits per heavy atom. The zero-order valence-corrected chi connectivity index (χ0v) is 13.6. The quantitative estimate of drug-likeness (QED) is 0.514. The molecule has 0 aliphatic carbocycles. The van der Waals surface area contributed by atoms with Crippen molar-refractivity contribution in [2.24, 2.45) is 0 Å². The van der Waals surface area contributed by atoms with Crippen LogP contribution in [-0.2, 0) is 28.5 Å². The molecule has 0 fully saturated rings. The third-order valence-corrected chi connectivity index (χ3v) is 2.62. The summed E-state index contributed by atoms with van der Waals surface area (Å²) in [6, 6.07) is 0. The molecule has 2 unspecified atom stereocenters. The maximum atomic E-state index is 11.4. The van der Waals surface area contributed by atoms with Gasteiger partial charge in [0.2, 0.25) is 0 Å². The van der Waals surface area contributed by atoms with E-state index in [-0.39, 0.29) is 50.2 Å². The molecule has 0 saturated heterocycles. The van der Waals surface area contributed by atoms with Crippen molar-refractivity contribution >= 4 is 11.9 Å². The molecule has 0 aliphatic heterocycles. The van der Waals surface area contributed by atoms with Crippen LogP contribution < -0.4 is 0 Å². The summed E-state index contributed by atoms with van der Waals surface area (Å²) < 4.78 is 20.6. The molecule has 0 radical (unpaired) electrons. The second-order valence-electron chi connectivity index (χ2n) is 4.75. The van der Waals surface area contributed by atoms with E-state index in [2.05, 4.69) is 0 Å². The van der Waals surface area contributed by atoms with Gasteiger partial charge in [-0.2, -0.15) is 0 Å². The van der Waals surface area contributed by atoms with Gasteiger partial charge in [-0.05, 0) is 34.1 Å². The fourth-order valence-corrected chi connectivity index (χ4v) is 1.61. The average Bonchev–Trinajstić information content (AvgIpc) is 2.43. The van der Waals surface area contributed by atoms with Gasteiger partial charge in [0.15, 0.2) is 0 Å². The lowest BCUT2D eigenvalue weighted by Gasteiger charge is -2.12. The van der Waals surface area contributed by atoms with Crippen LogP contribution in [0.15, 0.2) is 0 Å². The van der Waals surface area contributed by atoms with E-state index in [1.54, 1.807) is 0 Å². The Morgan fingerprint density at radius 2 is 1.19 bits per heavy atom. The van der Waals surface area contributed by atoms with Crippen molar-refractivity contribution in [2.75, 3.05) is 26.4 Å². The highest BCUT2D eigenvalue weighted by Crippen LogP contribution is 2.02. The molecule has 0 heterocycles. The lowest BCUT2D eigenvalue weighted by molar-refractivity contribution is -0.149. The maximum absolute atomic E-state index is 11.4. The van der Waals surface area contributed by atoms with Crippen LogP contribution in [0, 0.1) is 0 Å². The number of esters is 2. The van der Waals surface area contributed by atoms with Gasteiger partial charge in [-0.25, -0.2) is 0 Å². The van der Waals surface area contributed by atoms with Crippen molar-refractivity contribution in [3.63, 3.8) is 0 Å². The zero-order chi connectivity index (χ0) is 16.1. The Kier molecular flexibility index (Phi) is 11.9. The summed E-state index contributed by atoms with van der Waals surface area (Å²) in [7, 11) is 0. The first-order valence-electron chi connectivity index (χ1n) is 7.54. The van der Waals surface area contributed by atoms with E-state index >= 15 is 0 Å². The summed E-state index contributed by atoms with van der Waals surface area (Å²) in [5.74, 6) is -0.644. The van der Waals surface area contributed by atoms with Crippen LogP contribution in [0.5, 0.6) is 0 Å². The van der Waals surface area contributed by atoms with Gasteiger partial charge in [-0.15, -0.1) is 0 Å². The van der Waals surface area contributed by atoms with Gasteiger partial charge in [0, 0.05) is 26.1 Å². The maximum Gasteiger partial charge on any atom is 0.305 e. The first-order chi connectivity index (χ1) is 9.99. The summed E-state index contributed by atoms with van der Waals surface area (Å²) in [5, 5.41) is 0. The fourth-order valence-electron chi connectivity index (χ4n) is 1.61. The van der Waals surface area contributed by atoms with Crippen LogP contribution in [0.25, 0.3) is 0 Å². The average molecular weight is 304 g/mol. The smallest absolute Gasteiger partial charge is 0.305 e. The molecule has 6 heteroatoms. The molecule has 0 aliphatic rings. The summed E-state index contributed by atoms with van der Waals surface area (Å²) in [4.78, 5) is 22.9. The molecule has 0 spiro atoms. The monoisotopic (exact) mass is 304 g/mol. The topological polar surface area (TPSA) is 71.1 Å². The summed E-state index contributed by atoms with van der Waals surface area (Å²) in [6.45, 7) is 9.11.